The topological polar surface area (TPSA) is 24.7 Å². The molecule has 0 heterocycles. The third-order valence-electron chi connectivity index (χ3n) is 5.60. The quantitative estimate of drug-likeness (QED) is 0.317. The molecule has 0 unspecified atom stereocenters. The van der Waals surface area contributed by atoms with Gasteiger partial charge in [0.2, 0.25) is 0 Å². The largest absolute Gasteiger partial charge is 0.255 e. The van der Waals surface area contributed by atoms with Gasteiger partial charge in [-0.2, -0.15) is 0 Å². The molecule has 0 amide bonds. The van der Waals surface area contributed by atoms with Crippen LogP contribution in [0.15, 0.2) is 46.4 Å². The van der Waals surface area contributed by atoms with Crippen molar-refractivity contribution in [2.75, 3.05) is 0 Å². The molecule has 30 heavy (non-hydrogen) atoms. The van der Waals surface area contributed by atoms with Crippen molar-refractivity contribution in [3.63, 3.8) is 0 Å². The Kier molecular flexibility index (Phi) is 10.5. The lowest BCUT2D eigenvalue weighted by atomic mass is 9.99. The SMILES string of the molecule is CCCCC(C=Nc1ccc(CCC)c(CCC)c1)=Nc1ccc(CC)c(CC)c1. The second-order valence-electron chi connectivity index (χ2n) is 8.08. The average molecular weight is 405 g/mol. The van der Waals surface area contributed by atoms with Crippen molar-refractivity contribution in [2.24, 2.45) is 9.98 Å². The van der Waals surface area contributed by atoms with Gasteiger partial charge in [-0.25, -0.2) is 0 Å². The molecule has 2 aromatic carbocycles. The van der Waals surface area contributed by atoms with E-state index in [0.717, 1.165) is 62.0 Å². The predicted octanol–water partition coefficient (Wildman–Crippen LogP) is 8.38. The second-order valence-corrected chi connectivity index (χ2v) is 8.08. The Bertz CT molecular complexity index is 846. The van der Waals surface area contributed by atoms with Gasteiger partial charge in [0.15, 0.2) is 0 Å². The fourth-order valence-electron chi connectivity index (χ4n) is 3.89. The first kappa shape index (κ1) is 24.1. The molecule has 0 aliphatic carbocycles. The summed E-state index contributed by atoms with van der Waals surface area (Å²) in [5.74, 6) is 0. The van der Waals surface area contributed by atoms with E-state index in [1.165, 1.54) is 35.1 Å². The van der Waals surface area contributed by atoms with Gasteiger partial charge in [0.05, 0.1) is 17.1 Å². The van der Waals surface area contributed by atoms with E-state index < -0.39 is 0 Å². The van der Waals surface area contributed by atoms with E-state index in [1.54, 1.807) is 0 Å². The monoisotopic (exact) mass is 404 g/mol. The Morgan fingerprint density at radius 2 is 1.33 bits per heavy atom. The number of rotatable bonds is 12. The summed E-state index contributed by atoms with van der Waals surface area (Å²) < 4.78 is 0. The molecule has 0 bridgehead atoms. The molecule has 2 nitrogen and oxygen atoms in total. The molecule has 0 radical (unpaired) electrons. The van der Waals surface area contributed by atoms with E-state index in [9.17, 15) is 0 Å². The van der Waals surface area contributed by atoms with Crippen LogP contribution in [0.25, 0.3) is 0 Å². The van der Waals surface area contributed by atoms with Gasteiger partial charge in [-0.1, -0.05) is 66.0 Å². The summed E-state index contributed by atoms with van der Waals surface area (Å²) >= 11 is 0. The standard InChI is InChI=1S/C28H40N2/c1-6-11-14-28(30-27-18-15-22(9-4)23(10-5)19-27)21-29-26-17-16-24(12-7-2)25(20-26)13-8-3/h15-21H,6-14H2,1-5H3. The molecule has 2 aromatic rings. The molecule has 0 spiro atoms. The van der Waals surface area contributed by atoms with E-state index in [2.05, 4.69) is 71.0 Å². The highest BCUT2D eigenvalue weighted by molar-refractivity contribution is 6.31. The summed E-state index contributed by atoms with van der Waals surface area (Å²) in [5.41, 5.74) is 8.91. The van der Waals surface area contributed by atoms with Gasteiger partial charge in [0.1, 0.15) is 0 Å². The molecule has 2 heteroatoms. The smallest absolute Gasteiger partial charge is 0.0636 e. The number of hydrogen-bond acceptors (Lipinski definition) is 2. The third kappa shape index (κ3) is 7.23. The highest BCUT2D eigenvalue weighted by Gasteiger charge is 2.05. The van der Waals surface area contributed by atoms with Crippen LogP contribution in [0.1, 0.15) is 89.0 Å². The average Bonchev–Trinajstić information content (AvgIpc) is 2.77. The fourth-order valence-corrected chi connectivity index (χ4v) is 3.89. The van der Waals surface area contributed by atoms with Gasteiger partial charge in [-0.15, -0.1) is 0 Å². The zero-order valence-corrected chi connectivity index (χ0v) is 19.8. The molecule has 0 fully saturated rings. The summed E-state index contributed by atoms with van der Waals surface area (Å²) in [5, 5.41) is 0. The minimum Gasteiger partial charge on any atom is -0.255 e. The minimum atomic E-state index is 0.965. The van der Waals surface area contributed by atoms with Crippen LogP contribution in [0.5, 0.6) is 0 Å². The highest BCUT2D eigenvalue weighted by atomic mass is 14.8. The molecule has 0 aromatic heterocycles. The second kappa shape index (κ2) is 13.2. The van der Waals surface area contributed by atoms with Crippen LogP contribution in [0.2, 0.25) is 0 Å². The number of benzene rings is 2. The number of hydrogen-bond donors (Lipinski definition) is 0. The third-order valence-corrected chi connectivity index (χ3v) is 5.60. The van der Waals surface area contributed by atoms with Crippen molar-refractivity contribution < 1.29 is 0 Å². The van der Waals surface area contributed by atoms with Crippen molar-refractivity contribution in [2.45, 2.75) is 92.4 Å². The summed E-state index contributed by atoms with van der Waals surface area (Å²) in [6.45, 7) is 11.2. The lowest BCUT2D eigenvalue weighted by Gasteiger charge is -2.09. The van der Waals surface area contributed by atoms with Crippen molar-refractivity contribution in [1.29, 1.82) is 0 Å². The van der Waals surface area contributed by atoms with Gasteiger partial charge in [-0.05, 0) is 85.0 Å². The zero-order valence-electron chi connectivity index (χ0n) is 19.8. The first-order valence-electron chi connectivity index (χ1n) is 12.0. The highest BCUT2D eigenvalue weighted by Crippen LogP contribution is 2.23. The number of nitrogens with zero attached hydrogens (tertiary/aromatic N) is 2. The molecule has 0 N–H and O–H groups in total. The van der Waals surface area contributed by atoms with Crippen LogP contribution in [-0.2, 0) is 25.7 Å². The van der Waals surface area contributed by atoms with Crippen molar-refractivity contribution in [3.05, 3.63) is 58.7 Å². The van der Waals surface area contributed by atoms with Crippen LogP contribution < -0.4 is 0 Å². The van der Waals surface area contributed by atoms with Gasteiger partial charge < -0.3 is 0 Å². The minimum absolute atomic E-state index is 0.965. The zero-order chi connectivity index (χ0) is 21.8. The Morgan fingerprint density at radius 1 is 0.700 bits per heavy atom. The van der Waals surface area contributed by atoms with Crippen LogP contribution >= 0.6 is 0 Å². The molecule has 0 saturated carbocycles. The van der Waals surface area contributed by atoms with Crippen molar-refractivity contribution in [3.8, 4) is 0 Å². The van der Waals surface area contributed by atoms with E-state index >= 15 is 0 Å². The molecule has 0 saturated heterocycles. The number of aryl methyl sites for hydroxylation is 4. The molecule has 0 atom stereocenters. The Hall–Kier alpha value is -2.22. The van der Waals surface area contributed by atoms with Crippen LogP contribution in [0, 0.1) is 0 Å². The van der Waals surface area contributed by atoms with Crippen molar-refractivity contribution in [1.82, 2.24) is 0 Å². The fraction of sp³-hybridized carbons (Fsp3) is 0.500. The first-order chi connectivity index (χ1) is 14.6. The maximum Gasteiger partial charge on any atom is 0.0636 e. The van der Waals surface area contributed by atoms with Crippen molar-refractivity contribution >= 4 is 23.3 Å². The van der Waals surface area contributed by atoms with Gasteiger partial charge in [-0.3, -0.25) is 9.98 Å². The summed E-state index contributed by atoms with van der Waals surface area (Å²) in [6.07, 6.45) is 12.0. The predicted molar refractivity (Wildman–Crippen MR) is 134 cm³/mol. The molecular weight excluding hydrogens is 364 g/mol. The molecular formula is C28H40N2. The number of unbranched alkanes of at least 4 members (excludes halogenated alkanes) is 1. The van der Waals surface area contributed by atoms with Crippen LogP contribution in [-0.4, -0.2) is 11.9 Å². The van der Waals surface area contributed by atoms with Crippen LogP contribution in [0.3, 0.4) is 0 Å². The van der Waals surface area contributed by atoms with E-state index in [-0.39, 0.29) is 0 Å². The van der Waals surface area contributed by atoms with E-state index in [0.29, 0.717) is 0 Å². The lowest BCUT2D eigenvalue weighted by Crippen LogP contribution is -2.00. The van der Waals surface area contributed by atoms with Crippen LogP contribution in [0.4, 0.5) is 11.4 Å². The van der Waals surface area contributed by atoms with E-state index in [4.69, 9.17) is 9.98 Å². The Balaban J connectivity index is 2.30. The lowest BCUT2D eigenvalue weighted by molar-refractivity contribution is 0.839. The normalized spacial score (nSPS) is 12.1. The van der Waals surface area contributed by atoms with Gasteiger partial charge in [0, 0.05) is 6.21 Å². The summed E-state index contributed by atoms with van der Waals surface area (Å²) in [6, 6.07) is 13.3. The number of aliphatic imine (C=N–C) groups is 2. The Morgan fingerprint density at radius 3 is 2.00 bits per heavy atom. The van der Waals surface area contributed by atoms with E-state index in [1.807, 2.05) is 6.21 Å². The molecule has 0 aliphatic heterocycles. The van der Waals surface area contributed by atoms with Gasteiger partial charge in [0.25, 0.3) is 0 Å². The van der Waals surface area contributed by atoms with Gasteiger partial charge >= 0.3 is 0 Å². The first-order valence-corrected chi connectivity index (χ1v) is 12.0. The Labute approximate surface area is 184 Å². The molecule has 2 rings (SSSR count). The molecule has 162 valence electrons. The molecule has 0 aliphatic rings. The maximum atomic E-state index is 4.97. The maximum absolute atomic E-state index is 4.97. The summed E-state index contributed by atoms with van der Waals surface area (Å²) in [4.78, 5) is 9.79. The summed E-state index contributed by atoms with van der Waals surface area (Å²) in [7, 11) is 0.